The van der Waals surface area contributed by atoms with Crippen LogP contribution in [0, 0.1) is 0 Å². The second-order valence-electron chi connectivity index (χ2n) is 15.5. The number of hydrogen-bond acceptors (Lipinski definition) is 4. The second-order valence-corrected chi connectivity index (χ2v) is 15.5. The van der Waals surface area contributed by atoms with Crippen molar-refractivity contribution >= 4 is 43.7 Å². The maximum absolute atomic E-state index is 6.55. The number of hydrogen-bond donors (Lipinski definition) is 0. The molecule has 0 N–H and O–H groups in total. The first-order valence-corrected chi connectivity index (χ1v) is 20.9. The quantitative estimate of drug-likeness (QED) is 0.161. The highest BCUT2D eigenvalue weighted by Gasteiger charge is 2.20. The Balaban J connectivity index is 1.00. The molecular weight excluding hydrogens is 757 g/mol. The van der Waals surface area contributed by atoms with Crippen LogP contribution >= 0.6 is 0 Å². The van der Waals surface area contributed by atoms with Gasteiger partial charge in [0.25, 0.3) is 0 Å². The standard InChI is InChI=1S/C57H36N4O/c1-4-17-37(18-5-1)55-58-56(38-19-6-2-7-20-38)60-57(59-55)47-28-16-30-53-54(47)49-36-40(32-34-52(49)62-53)43-24-11-13-26-45(43)44-25-12-10-23-42(44)39-31-33-51-48(35-39)46-27-14-15-29-50(46)61(51)41-21-8-3-9-22-41/h1-36H. The minimum atomic E-state index is 0.592. The molecule has 0 fully saturated rings. The van der Waals surface area contributed by atoms with E-state index in [4.69, 9.17) is 19.4 Å². The fourth-order valence-electron chi connectivity index (χ4n) is 9.04. The zero-order valence-corrected chi connectivity index (χ0v) is 33.5. The van der Waals surface area contributed by atoms with E-state index in [0.717, 1.165) is 61.0 Å². The Bertz CT molecular complexity index is 3570. The number of nitrogens with zero attached hydrogens (tertiary/aromatic N) is 4. The van der Waals surface area contributed by atoms with Gasteiger partial charge in [0.1, 0.15) is 11.2 Å². The van der Waals surface area contributed by atoms with Gasteiger partial charge < -0.3 is 8.98 Å². The van der Waals surface area contributed by atoms with E-state index < -0.39 is 0 Å². The summed E-state index contributed by atoms with van der Waals surface area (Å²) in [5, 5.41) is 4.42. The summed E-state index contributed by atoms with van der Waals surface area (Å²) < 4.78 is 8.91. The van der Waals surface area contributed by atoms with E-state index >= 15 is 0 Å². The van der Waals surface area contributed by atoms with E-state index in [-0.39, 0.29) is 0 Å². The Morgan fingerprint density at radius 1 is 0.306 bits per heavy atom. The van der Waals surface area contributed by atoms with Gasteiger partial charge >= 0.3 is 0 Å². The van der Waals surface area contributed by atoms with Crippen LogP contribution in [0.15, 0.2) is 223 Å². The molecule has 0 aliphatic rings. The van der Waals surface area contributed by atoms with Gasteiger partial charge in [-0.1, -0.05) is 170 Å². The van der Waals surface area contributed by atoms with Crippen LogP contribution in [0.25, 0.3) is 117 Å². The van der Waals surface area contributed by atoms with Gasteiger partial charge in [-0.2, -0.15) is 0 Å². The van der Waals surface area contributed by atoms with E-state index in [1.54, 1.807) is 0 Å². The summed E-state index contributed by atoms with van der Waals surface area (Å²) >= 11 is 0. The lowest BCUT2D eigenvalue weighted by Crippen LogP contribution is -2.00. The number of benzene rings is 9. The molecule has 9 aromatic carbocycles. The first-order valence-electron chi connectivity index (χ1n) is 20.9. The van der Waals surface area contributed by atoms with Crippen molar-refractivity contribution in [1.29, 1.82) is 0 Å². The highest BCUT2D eigenvalue weighted by atomic mass is 16.3. The average Bonchev–Trinajstić information content (AvgIpc) is 3.90. The van der Waals surface area contributed by atoms with Crippen LogP contribution in [0.4, 0.5) is 0 Å². The lowest BCUT2D eigenvalue weighted by Gasteiger charge is -2.15. The highest BCUT2D eigenvalue weighted by molar-refractivity contribution is 6.14. The monoisotopic (exact) mass is 792 g/mol. The van der Waals surface area contributed by atoms with E-state index in [2.05, 4.69) is 150 Å². The molecule has 62 heavy (non-hydrogen) atoms. The normalized spacial score (nSPS) is 11.5. The van der Waals surface area contributed by atoms with Gasteiger partial charge in [0.05, 0.1) is 11.0 Å². The highest BCUT2D eigenvalue weighted by Crippen LogP contribution is 2.43. The molecule has 0 atom stereocenters. The van der Waals surface area contributed by atoms with Crippen molar-refractivity contribution in [2.75, 3.05) is 0 Å². The van der Waals surface area contributed by atoms with Crippen molar-refractivity contribution in [1.82, 2.24) is 19.5 Å². The van der Waals surface area contributed by atoms with Crippen molar-refractivity contribution < 1.29 is 4.42 Å². The Hall–Kier alpha value is -8.41. The van der Waals surface area contributed by atoms with Crippen molar-refractivity contribution in [2.24, 2.45) is 0 Å². The molecule has 0 aliphatic heterocycles. The molecule has 5 nitrogen and oxygen atoms in total. The minimum Gasteiger partial charge on any atom is -0.456 e. The van der Waals surface area contributed by atoms with Crippen molar-refractivity contribution in [3.63, 3.8) is 0 Å². The molecule has 0 unspecified atom stereocenters. The first-order chi connectivity index (χ1) is 30.7. The zero-order valence-electron chi connectivity index (χ0n) is 33.5. The van der Waals surface area contributed by atoms with Crippen LogP contribution in [0.2, 0.25) is 0 Å². The second kappa shape index (κ2) is 14.7. The molecule has 0 radical (unpaired) electrons. The fraction of sp³-hybridized carbons (Fsp3) is 0. The largest absolute Gasteiger partial charge is 0.456 e. The van der Waals surface area contributed by atoms with Crippen molar-refractivity contribution in [3.8, 4) is 73.2 Å². The van der Waals surface area contributed by atoms with E-state index in [1.807, 2.05) is 72.8 Å². The van der Waals surface area contributed by atoms with E-state index in [9.17, 15) is 0 Å². The maximum Gasteiger partial charge on any atom is 0.164 e. The van der Waals surface area contributed by atoms with Gasteiger partial charge in [-0.05, 0) is 81.9 Å². The molecule has 5 heteroatoms. The summed E-state index contributed by atoms with van der Waals surface area (Å²) in [6.07, 6.45) is 0. The van der Waals surface area contributed by atoms with E-state index in [1.165, 1.54) is 38.5 Å². The number of aromatic nitrogens is 4. The SMILES string of the molecule is c1ccc(-c2nc(-c3ccccc3)nc(-c3cccc4oc5ccc(-c6ccccc6-c6ccccc6-c6ccc7c(c6)c6ccccc6n7-c6ccccc6)cc5c34)n2)cc1. The molecule has 12 aromatic rings. The lowest BCUT2D eigenvalue weighted by molar-refractivity contribution is 0.669. The molecule has 3 aromatic heterocycles. The van der Waals surface area contributed by atoms with Gasteiger partial charge in [0.15, 0.2) is 17.5 Å². The van der Waals surface area contributed by atoms with Crippen LogP contribution in [0.5, 0.6) is 0 Å². The summed E-state index contributed by atoms with van der Waals surface area (Å²) in [5.41, 5.74) is 14.7. The van der Waals surface area contributed by atoms with Gasteiger partial charge in [-0.25, -0.2) is 15.0 Å². The summed E-state index contributed by atoms with van der Waals surface area (Å²) in [7, 11) is 0. The molecule has 0 saturated heterocycles. The maximum atomic E-state index is 6.55. The Morgan fingerprint density at radius 3 is 1.47 bits per heavy atom. The van der Waals surface area contributed by atoms with Crippen LogP contribution in [0.1, 0.15) is 0 Å². The van der Waals surface area contributed by atoms with Gasteiger partial charge in [0, 0.05) is 43.9 Å². The zero-order chi connectivity index (χ0) is 41.0. The molecule has 12 rings (SSSR count). The van der Waals surface area contributed by atoms with Crippen LogP contribution in [-0.2, 0) is 0 Å². The number of para-hydroxylation sites is 2. The molecule has 0 spiro atoms. The Kier molecular flexibility index (Phi) is 8.42. The third-order valence-electron chi connectivity index (χ3n) is 11.9. The third kappa shape index (κ3) is 5.98. The van der Waals surface area contributed by atoms with Gasteiger partial charge in [-0.3, -0.25) is 0 Å². The molecule has 0 saturated carbocycles. The van der Waals surface area contributed by atoms with Gasteiger partial charge in [0.2, 0.25) is 0 Å². The lowest BCUT2D eigenvalue weighted by atomic mass is 9.88. The van der Waals surface area contributed by atoms with Crippen LogP contribution in [0.3, 0.4) is 0 Å². The van der Waals surface area contributed by atoms with E-state index in [0.29, 0.717) is 17.5 Å². The van der Waals surface area contributed by atoms with Crippen LogP contribution < -0.4 is 0 Å². The summed E-state index contributed by atoms with van der Waals surface area (Å²) in [5.74, 6) is 1.83. The minimum absolute atomic E-state index is 0.592. The van der Waals surface area contributed by atoms with Gasteiger partial charge in [-0.15, -0.1) is 0 Å². The topological polar surface area (TPSA) is 56.7 Å². The van der Waals surface area contributed by atoms with Crippen LogP contribution in [-0.4, -0.2) is 19.5 Å². The Labute approximate surface area is 357 Å². The molecular formula is C57H36N4O. The first kappa shape index (κ1) is 35.5. The van der Waals surface area contributed by atoms with Crippen molar-refractivity contribution in [2.45, 2.75) is 0 Å². The predicted octanol–water partition coefficient (Wildman–Crippen LogP) is 14.9. The molecule has 3 heterocycles. The Morgan fingerprint density at radius 2 is 0.806 bits per heavy atom. The summed E-state index contributed by atoms with van der Waals surface area (Å²) in [6, 6.07) is 76.5. The summed E-state index contributed by atoms with van der Waals surface area (Å²) in [6.45, 7) is 0. The smallest absolute Gasteiger partial charge is 0.164 e. The number of furan rings is 1. The fourth-order valence-corrected chi connectivity index (χ4v) is 9.04. The third-order valence-corrected chi connectivity index (χ3v) is 11.9. The molecule has 0 amide bonds. The predicted molar refractivity (Wildman–Crippen MR) is 254 cm³/mol. The molecule has 290 valence electrons. The van der Waals surface area contributed by atoms with Crippen molar-refractivity contribution in [3.05, 3.63) is 218 Å². The summed E-state index contributed by atoms with van der Waals surface area (Å²) in [4.78, 5) is 15.1. The number of rotatable bonds is 7. The molecule has 0 bridgehead atoms. The average molecular weight is 793 g/mol. The number of fused-ring (bicyclic) bond motifs is 6. The molecule has 0 aliphatic carbocycles.